The third-order valence-corrected chi connectivity index (χ3v) is 11.5. The summed E-state index contributed by atoms with van der Waals surface area (Å²) in [4.78, 5) is 15.5. The van der Waals surface area contributed by atoms with Crippen molar-refractivity contribution in [1.29, 1.82) is 0 Å². The van der Waals surface area contributed by atoms with Crippen molar-refractivity contribution in [3.63, 3.8) is 0 Å². The molecule has 0 fully saturated rings. The van der Waals surface area contributed by atoms with E-state index in [0.29, 0.717) is 17.6 Å². The molecule has 0 aliphatic heterocycles. The molecule has 0 bridgehead atoms. The maximum Gasteiger partial charge on any atom is 0.238 e. The van der Waals surface area contributed by atoms with Crippen LogP contribution < -0.4 is 0 Å². The van der Waals surface area contributed by atoms with Crippen molar-refractivity contribution in [3.05, 3.63) is 200 Å². The number of nitrogens with zero attached hydrogens (tertiary/aromatic N) is 5. The monoisotopic (exact) mass is 739 g/mol. The molecule has 3 heterocycles. The molecule has 0 aliphatic carbocycles. The first kappa shape index (κ1) is 32.4. The molecule has 270 valence electrons. The van der Waals surface area contributed by atoms with Gasteiger partial charge in [0, 0.05) is 38.4 Å². The molecule has 12 rings (SSSR count). The van der Waals surface area contributed by atoms with Crippen LogP contribution in [0.15, 0.2) is 200 Å². The van der Waals surface area contributed by atoms with Crippen LogP contribution in [0.25, 0.3) is 111 Å². The number of para-hydroxylation sites is 2. The Hall–Kier alpha value is -7.89. The fraction of sp³-hybridized carbons (Fsp3) is 0. The smallest absolute Gasteiger partial charge is 0.238 e. The highest BCUT2D eigenvalue weighted by atomic mass is 15.2. The zero-order valence-electron chi connectivity index (χ0n) is 31.3. The lowest BCUT2D eigenvalue weighted by Crippen LogP contribution is -2.06. The third-order valence-electron chi connectivity index (χ3n) is 11.5. The first-order valence-electron chi connectivity index (χ1n) is 19.6. The van der Waals surface area contributed by atoms with Gasteiger partial charge < -0.3 is 4.57 Å². The summed E-state index contributed by atoms with van der Waals surface area (Å²) in [5.41, 5.74) is 9.74. The molecule has 0 saturated carbocycles. The Bertz CT molecular complexity index is 3550. The van der Waals surface area contributed by atoms with Gasteiger partial charge in [-0.3, -0.25) is 4.57 Å². The number of hydrogen-bond donors (Lipinski definition) is 0. The average molecular weight is 740 g/mol. The summed E-state index contributed by atoms with van der Waals surface area (Å²) in [6.07, 6.45) is 0. The van der Waals surface area contributed by atoms with Gasteiger partial charge in [0.2, 0.25) is 5.95 Å². The van der Waals surface area contributed by atoms with E-state index in [-0.39, 0.29) is 0 Å². The van der Waals surface area contributed by atoms with Crippen molar-refractivity contribution >= 4 is 65.2 Å². The number of rotatable bonds is 5. The fourth-order valence-electron chi connectivity index (χ4n) is 8.82. The molecule has 0 radical (unpaired) electrons. The first-order valence-corrected chi connectivity index (χ1v) is 19.6. The Balaban J connectivity index is 1.08. The Morgan fingerprint density at radius 1 is 0.293 bits per heavy atom. The summed E-state index contributed by atoms with van der Waals surface area (Å²) in [6, 6.07) is 71.0. The van der Waals surface area contributed by atoms with Crippen LogP contribution in [0.1, 0.15) is 0 Å². The number of hydrogen-bond acceptors (Lipinski definition) is 3. The number of aromatic nitrogens is 5. The summed E-state index contributed by atoms with van der Waals surface area (Å²) in [5.74, 6) is 1.82. The molecule has 0 aliphatic rings. The van der Waals surface area contributed by atoms with Crippen LogP contribution in [0.5, 0.6) is 0 Å². The molecule has 0 spiro atoms. The first-order chi connectivity index (χ1) is 28.7. The highest BCUT2D eigenvalue weighted by Crippen LogP contribution is 2.39. The summed E-state index contributed by atoms with van der Waals surface area (Å²) >= 11 is 0. The summed E-state index contributed by atoms with van der Waals surface area (Å²) < 4.78 is 4.61. The zero-order chi connectivity index (χ0) is 38.2. The SMILES string of the molecule is c1ccc(-c2ccc(-c3nc(-c4ccccc4)nc(-n4c5ccccc5c5cc6ccc(-n7c8ccccc8c8c9ccccc9ccc87)cc6cc54)n3)cc2)cc1. The quantitative estimate of drug-likeness (QED) is 0.177. The standard InChI is InChI=1S/C53H33N5/c1-3-13-34(14-4-1)35-23-25-38(26-24-35)52-54-51(37-16-5-2-6-17-37)55-53(56-52)58-46-21-11-9-19-43(46)45-32-39-27-29-41(31-40(39)33-49(45)58)57-47-22-12-10-20-44(47)50-42-18-8-7-15-36(42)28-30-48(50)57/h1-33H. The van der Waals surface area contributed by atoms with Gasteiger partial charge in [-0.1, -0.05) is 158 Å². The maximum absolute atomic E-state index is 5.24. The molecule has 58 heavy (non-hydrogen) atoms. The molecule has 0 saturated heterocycles. The van der Waals surface area contributed by atoms with Crippen molar-refractivity contribution in [2.24, 2.45) is 0 Å². The van der Waals surface area contributed by atoms with Gasteiger partial charge in [-0.15, -0.1) is 0 Å². The van der Waals surface area contributed by atoms with Crippen molar-refractivity contribution < 1.29 is 0 Å². The van der Waals surface area contributed by atoms with Gasteiger partial charge in [-0.05, 0) is 75.1 Å². The van der Waals surface area contributed by atoms with E-state index in [4.69, 9.17) is 15.0 Å². The molecule has 9 aromatic carbocycles. The van der Waals surface area contributed by atoms with Crippen LogP contribution in [-0.2, 0) is 0 Å². The molecular formula is C53H33N5. The molecular weight excluding hydrogens is 707 g/mol. The Kier molecular flexibility index (Phi) is 7.16. The molecule has 5 nitrogen and oxygen atoms in total. The van der Waals surface area contributed by atoms with E-state index >= 15 is 0 Å². The second kappa shape index (κ2) is 12.8. The third kappa shape index (κ3) is 5.07. The summed E-state index contributed by atoms with van der Waals surface area (Å²) in [7, 11) is 0. The molecule has 0 amide bonds. The minimum Gasteiger partial charge on any atom is -0.309 e. The molecule has 0 N–H and O–H groups in total. The Labute approximate surface area is 333 Å². The number of fused-ring (bicyclic) bond motifs is 9. The Morgan fingerprint density at radius 3 is 1.62 bits per heavy atom. The van der Waals surface area contributed by atoms with E-state index in [0.717, 1.165) is 49.6 Å². The van der Waals surface area contributed by atoms with E-state index in [2.05, 4.69) is 185 Å². The number of benzene rings is 9. The van der Waals surface area contributed by atoms with Gasteiger partial charge in [-0.2, -0.15) is 9.97 Å². The minimum absolute atomic E-state index is 0.576. The van der Waals surface area contributed by atoms with E-state index in [1.807, 2.05) is 24.3 Å². The van der Waals surface area contributed by atoms with Crippen molar-refractivity contribution in [2.45, 2.75) is 0 Å². The van der Waals surface area contributed by atoms with Crippen LogP contribution in [0.2, 0.25) is 0 Å². The lowest BCUT2D eigenvalue weighted by Gasteiger charge is -2.12. The van der Waals surface area contributed by atoms with Crippen molar-refractivity contribution in [3.8, 4) is 45.5 Å². The fourth-order valence-corrected chi connectivity index (χ4v) is 8.82. The van der Waals surface area contributed by atoms with Gasteiger partial charge in [0.25, 0.3) is 0 Å². The predicted octanol–water partition coefficient (Wildman–Crippen LogP) is 13.4. The zero-order valence-corrected chi connectivity index (χ0v) is 31.3. The van der Waals surface area contributed by atoms with Crippen molar-refractivity contribution in [2.75, 3.05) is 0 Å². The molecule has 0 atom stereocenters. The predicted molar refractivity (Wildman–Crippen MR) is 240 cm³/mol. The second-order valence-electron chi connectivity index (χ2n) is 14.9. The van der Waals surface area contributed by atoms with Gasteiger partial charge in [0.1, 0.15) is 0 Å². The lowest BCUT2D eigenvalue weighted by molar-refractivity contribution is 0.954. The van der Waals surface area contributed by atoms with Crippen LogP contribution in [0, 0.1) is 0 Å². The van der Waals surface area contributed by atoms with Crippen LogP contribution in [0.3, 0.4) is 0 Å². The highest BCUT2D eigenvalue weighted by Gasteiger charge is 2.20. The van der Waals surface area contributed by atoms with Crippen LogP contribution in [-0.4, -0.2) is 24.1 Å². The van der Waals surface area contributed by atoms with Crippen molar-refractivity contribution in [1.82, 2.24) is 24.1 Å². The van der Waals surface area contributed by atoms with Gasteiger partial charge in [0.15, 0.2) is 11.6 Å². The largest absolute Gasteiger partial charge is 0.309 e. The summed E-state index contributed by atoms with van der Waals surface area (Å²) in [6.45, 7) is 0. The molecule has 5 heteroatoms. The average Bonchev–Trinajstić information content (AvgIpc) is 3.81. The second-order valence-corrected chi connectivity index (χ2v) is 14.9. The minimum atomic E-state index is 0.576. The van der Waals surface area contributed by atoms with E-state index in [1.54, 1.807) is 0 Å². The molecule has 3 aromatic heterocycles. The van der Waals surface area contributed by atoms with Gasteiger partial charge in [-0.25, -0.2) is 4.98 Å². The van der Waals surface area contributed by atoms with Gasteiger partial charge >= 0.3 is 0 Å². The maximum atomic E-state index is 5.24. The Morgan fingerprint density at radius 2 is 0.862 bits per heavy atom. The molecule has 12 aromatic rings. The van der Waals surface area contributed by atoms with E-state index in [9.17, 15) is 0 Å². The summed E-state index contributed by atoms with van der Waals surface area (Å²) in [5, 5.41) is 9.63. The highest BCUT2D eigenvalue weighted by molar-refractivity contribution is 6.21. The lowest BCUT2D eigenvalue weighted by atomic mass is 10.0. The van der Waals surface area contributed by atoms with E-state index < -0.39 is 0 Å². The van der Waals surface area contributed by atoms with Crippen LogP contribution in [0.4, 0.5) is 0 Å². The normalized spacial score (nSPS) is 11.8. The van der Waals surface area contributed by atoms with Gasteiger partial charge in [0.05, 0.1) is 22.1 Å². The molecule has 0 unspecified atom stereocenters. The van der Waals surface area contributed by atoms with Crippen LogP contribution >= 0.6 is 0 Å². The topological polar surface area (TPSA) is 48.5 Å². The van der Waals surface area contributed by atoms with E-state index in [1.165, 1.54) is 43.5 Å².